The summed E-state index contributed by atoms with van der Waals surface area (Å²) in [7, 11) is 0. The molecule has 1 aliphatic rings. The third kappa shape index (κ3) is 2.78. The predicted molar refractivity (Wildman–Crippen MR) is 97.8 cm³/mol. The average molecular weight is 353 g/mol. The molecule has 25 heavy (non-hydrogen) atoms. The standard InChI is InChI=1S/C19H16FN3OS/c1-12-11-13(7-8-14(12)20)23-18(16-6-4-10-24-16)17(22-19(23)25)15-5-2-3-9-21-15/h2-11,17-18H,1H3,(H,22,25)/t17-,18+/m0/s1. The van der Waals surface area contributed by atoms with Crippen LogP contribution in [0.5, 0.6) is 0 Å². The van der Waals surface area contributed by atoms with Gasteiger partial charge >= 0.3 is 0 Å². The Morgan fingerprint density at radius 3 is 2.76 bits per heavy atom. The van der Waals surface area contributed by atoms with E-state index in [4.69, 9.17) is 16.6 Å². The number of anilines is 1. The molecule has 1 aromatic carbocycles. The molecular formula is C19H16FN3OS. The van der Waals surface area contributed by atoms with Crippen LogP contribution in [0.4, 0.5) is 10.1 Å². The van der Waals surface area contributed by atoms with Gasteiger partial charge in [0.05, 0.1) is 18.0 Å². The molecule has 6 heteroatoms. The Kier molecular flexibility index (Phi) is 3.97. The highest BCUT2D eigenvalue weighted by atomic mass is 32.1. The van der Waals surface area contributed by atoms with Gasteiger partial charge in [-0.15, -0.1) is 0 Å². The zero-order chi connectivity index (χ0) is 17.4. The molecule has 1 aliphatic heterocycles. The second-order valence-electron chi connectivity index (χ2n) is 5.95. The summed E-state index contributed by atoms with van der Waals surface area (Å²) in [5.74, 6) is 0.530. The van der Waals surface area contributed by atoms with Gasteiger partial charge in [-0.2, -0.15) is 0 Å². The van der Waals surface area contributed by atoms with Gasteiger partial charge in [-0.05, 0) is 67.2 Å². The van der Waals surface area contributed by atoms with Gasteiger partial charge in [-0.25, -0.2) is 4.39 Å². The Hall–Kier alpha value is -2.73. The van der Waals surface area contributed by atoms with Crippen molar-refractivity contribution in [1.29, 1.82) is 0 Å². The van der Waals surface area contributed by atoms with Gasteiger partial charge in [0.2, 0.25) is 0 Å². The number of nitrogens with one attached hydrogen (secondary N) is 1. The average Bonchev–Trinajstić information content (AvgIpc) is 3.25. The minimum Gasteiger partial charge on any atom is -0.467 e. The van der Waals surface area contributed by atoms with E-state index in [1.54, 1.807) is 31.5 Å². The normalized spacial score (nSPS) is 19.9. The first kappa shape index (κ1) is 15.8. The summed E-state index contributed by atoms with van der Waals surface area (Å²) in [4.78, 5) is 6.42. The number of aryl methyl sites for hydroxylation is 1. The zero-order valence-corrected chi connectivity index (χ0v) is 14.3. The van der Waals surface area contributed by atoms with Crippen molar-refractivity contribution in [2.24, 2.45) is 0 Å². The minimum atomic E-state index is -0.238. The van der Waals surface area contributed by atoms with E-state index in [0.29, 0.717) is 10.7 Å². The van der Waals surface area contributed by atoms with E-state index in [9.17, 15) is 4.39 Å². The van der Waals surface area contributed by atoms with Crippen molar-refractivity contribution in [3.63, 3.8) is 0 Å². The van der Waals surface area contributed by atoms with Crippen LogP contribution in [0.3, 0.4) is 0 Å². The number of aromatic nitrogens is 1. The number of benzene rings is 1. The number of nitrogens with zero attached hydrogens (tertiary/aromatic N) is 2. The Morgan fingerprint density at radius 2 is 2.08 bits per heavy atom. The van der Waals surface area contributed by atoms with Gasteiger partial charge < -0.3 is 14.6 Å². The van der Waals surface area contributed by atoms with Crippen LogP contribution in [0, 0.1) is 12.7 Å². The summed E-state index contributed by atoms with van der Waals surface area (Å²) in [6, 6.07) is 14.1. The van der Waals surface area contributed by atoms with Crippen molar-refractivity contribution < 1.29 is 8.81 Å². The van der Waals surface area contributed by atoms with E-state index < -0.39 is 0 Å². The van der Waals surface area contributed by atoms with Crippen molar-refractivity contribution >= 4 is 23.0 Å². The maximum atomic E-state index is 13.7. The molecule has 4 rings (SSSR count). The second-order valence-corrected chi connectivity index (χ2v) is 6.33. The fourth-order valence-electron chi connectivity index (χ4n) is 3.16. The molecule has 0 radical (unpaired) electrons. The first-order valence-electron chi connectivity index (χ1n) is 7.95. The number of furan rings is 1. The highest BCUT2D eigenvalue weighted by Crippen LogP contribution is 2.41. The van der Waals surface area contributed by atoms with Crippen LogP contribution < -0.4 is 10.2 Å². The van der Waals surface area contributed by atoms with Crippen molar-refractivity contribution in [3.8, 4) is 0 Å². The molecule has 1 fully saturated rings. The van der Waals surface area contributed by atoms with E-state index in [-0.39, 0.29) is 17.9 Å². The van der Waals surface area contributed by atoms with Crippen LogP contribution in [0.1, 0.15) is 29.1 Å². The predicted octanol–water partition coefficient (Wildman–Crippen LogP) is 4.30. The molecule has 0 saturated carbocycles. The number of hydrogen-bond donors (Lipinski definition) is 1. The van der Waals surface area contributed by atoms with Gasteiger partial charge in [-0.3, -0.25) is 4.98 Å². The number of hydrogen-bond acceptors (Lipinski definition) is 3. The molecule has 126 valence electrons. The Labute approximate surface area is 150 Å². The van der Waals surface area contributed by atoms with Crippen LogP contribution in [0.25, 0.3) is 0 Å². The third-order valence-electron chi connectivity index (χ3n) is 4.35. The monoisotopic (exact) mass is 353 g/mol. The number of thiocarbonyl (C=S) groups is 1. The van der Waals surface area contributed by atoms with Gasteiger partial charge in [0, 0.05) is 11.9 Å². The van der Waals surface area contributed by atoms with Crippen LogP contribution >= 0.6 is 12.2 Å². The molecule has 2 atom stereocenters. The summed E-state index contributed by atoms with van der Waals surface area (Å²) in [5.41, 5.74) is 2.25. The van der Waals surface area contributed by atoms with Crippen molar-refractivity contribution in [2.45, 2.75) is 19.0 Å². The van der Waals surface area contributed by atoms with E-state index in [0.717, 1.165) is 17.1 Å². The molecule has 3 aromatic rings. The zero-order valence-electron chi connectivity index (χ0n) is 13.5. The summed E-state index contributed by atoms with van der Waals surface area (Å²) in [5, 5.41) is 3.89. The Bertz CT molecular complexity index is 898. The van der Waals surface area contributed by atoms with Crippen LogP contribution in [-0.2, 0) is 0 Å². The molecule has 3 heterocycles. The van der Waals surface area contributed by atoms with Gasteiger partial charge in [0.1, 0.15) is 17.6 Å². The molecule has 0 bridgehead atoms. The smallest absolute Gasteiger partial charge is 0.174 e. The van der Waals surface area contributed by atoms with Crippen LogP contribution in [0.15, 0.2) is 65.4 Å². The lowest BCUT2D eigenvalue weighted by molar-refractivity contribution is 0.432. The fourth-order valence-corrected chi connectivity index (χ4v) is 3.51. The molecule has 0 unspecified atom stereocenters. The molecular weight excluding hydrogens is 337 g/mol. The van der Waals surface area contributed by atoms with E-state index in [1.807, 2.05) is 35.2 Å². The summed E-state index contributed by atoms with van der Waals surface area (Å²) >= 11 is 5.58. The summed E-state index contributed by atoms with van der Waals surface area (Å²) < 4.78 is 19.4. The largest absolute Gasteiger partial charge is 0.467 e. The minimum absolute atomic E-state index is 0.162. The Morgan fingerprint density at radius 1 is 1.20 bits per heavy atom. The van der Waals surface area contributed by atoms with Gasteiger partial charge in [0.15, 0.2) is 5.11 Å². The molecule has 0 aliphatic carbocycles. The van der Waals surface area contributed by atoms with E-state index >= 15 is 0 Å². The molecule has 1 N–H and O–H groups in total. The topological polar surface area (TPSA) is 41.3 Å². The molecule has 0 amide bonds. The maximum absolute atomic E-state index is 13.7. The molecule has 0 spiro atoms. The SMILES string of the molecule is Cc1cc(N2C(=S)N[C@@H](c3ccccn3)[C@H]2c2ccco2)ccc1F. The highest BCUT2D eigenvalue weighted by Gasteiger charge is 2.42. The van der Waals surface area contributed by atoms with Crippen molar-refractivity contribution in [2.75, 3.05) is 4.90 Å². The lowest BCUT2D eigenvalue weighted by atomic mass is 10.0. The second kappa shape index (κ2) is 6.29. The number of rotatable bonds is 3. The lowest BCUT2D eigenvalue weighted by Gasteiger charge is -2.26. The third-order valence-corrected chi connectivity index (χ3v) is 4.67. The summed E-state index contributed by atoms with van der Waals surface area (Å²) in [6.45, 7) is 1.74. The highest BCUT2D eigenvalue weighted by molar-refractivity contribution is 7.80. The first-order chi connectivity index (χ1) is 12.1. The van der Waals surface area contributed by atoms with Gasteiger partial charge in [-0.1, -0.05) is 6.07 Å². The molecule has 4 nitrogen and oxygen atoms in total. The number of halogens is 1. The van der Waals surface area contributed by atoms with Crippen LogP contribution in [-0.4, -0.2) is 10.1 Å². The Balaban J connectivity index is 1.82. The van der Waals surface area contributed by atoms with Crippen molar-refractivity contribution in [3.05, 3.63) is 83.8 Å². The fraction of sp³-hybridized carbons (Fsp3) is 0.158. The van der Waals surface area contributed by atoms with E-state index in [2.05, 4.69) is 10.3 Å². The quantitative estimate of drug-likeness (QED) is 0.711. The van der Waals surface area contributed by atoms with Crippen LogP contribution in [0.2, 0.25) is 0 Å². The van der Waals surface area contributed by atoms with Crippen molar-refractivity contribution in [1.82, 2.24) is 10.3 Å². The number of pyridine rings is 1. The lowest BCUT2D eigenvalue weighted by Crippen LogP contribution is -2.29. The molecule has 2 aromatic heterocycles. The summed E-state index contributed by atoms with van der Waals surface area (Å²) in [6.07, 6.45) is 3.39. The maximum Gasteiger partial charge on any atom is 0.174 e. The van der Waals surface area contributed by atoms with E-state index in [1.165, 1.54) is 6.07 Å². The first-order valence-corrected chi connectivity index (χ1v) is 8.36. The molecule has 1 saturated heterocycles. The van der Waals surface area contributed by atoms with Gasteiger partial charge in [0.25, 0.3) is 0 Å².